The van der Waals surface area contributed by atoms with Crippen LogP contribution in [0.25, 0.3) is 0 Å². The van der Waals surface area contributed by atoms with Crippen LogP contribution in [0.2, 0.25) is 0 Å². The summed E-state index contributed by atoms with van der Waals surface area (Å²) in [6.45, 7) is 4.01. The number of aliphatic hydroxyl groups excluding tert-OH is 1. The smallest absolute Gasteiger partial charge is 0.251 e. The summed E-state index contributed by atoms with van der Waals surface area (Å²) in [5.74, 6) is 5.32. The molecule has 0 aliphatic rings. The highest BCUT2D eigenvalue weighted by atomic mass is 16.2. The van der Waals surface area contributed by atoms with Gasteiger partial charge in [0.15, 0.2) is 0 Å². The Kier molecular flexibility index (Phi) is 6.70. The van der Waals surface area contributed by atoms with Crippen molar-refractivity contribution in [2.24, 2.45) is 0 Å². The second kappa shape index (κ2) is 8.34. The Balaban J connectivity index is 2.57. The fourth-order valence-electron chi connectivity index (χ4n) is 1.74. The summed E-state index contributed by atoms with van der Waals surface area (Å²) in [4.78, 5) is 12.0. The van der Waals surface area contributed by atoms with E-state index < -0.39 is 0 Å². The lowest BCUT2D eigenvalue weighted by atomic mass is 10.1. The molecule has 0 aliphatic carbocycles. The van der Waals surface area contributed by atoms with Gasteiger partial charge >= 0.3 is 0 Å². The molecule has 3 nitrogen and oxygen atoms in total. The highest BCUT2D eigenvalue weighted by molar-refractivity contribution is 5.94. The number of hydrogen-bond donors (Lipinski definition) is 2. The minimum absolute atomic E-state index is 0.0507. The van der Waals surface area contributed by atoms with Gasteiger partial charge in [-0.1, -0.05) is 31.6 Å². The van der Waals surface area contributed by atoms with E-state index in [-0.39, 0.29) is 18.6 Å². The zero-order chi connectivity index (χ0) is 14.1. The van der Waals surface area contributed by atoms with Crippen molar-refractivity contribution in [3.63, 3.8) is 0 Å². The zero-order valence-electron chi connectivity index (χ0n) is 11.6. The average molecular weight is 259 g/mol. The highest BCUT2D eigenvalue weighted by Crippen LogP contribution is 2.05. The molecule has 1 amide bonds. The van der Waals surface area contributed by atoms with E-state index in [9.17, 15) is 4.79 Å². The Morgan fingerprint density at radius 2 is 2.05 bits per heavy atom. The molecule has 2 N–H and O–H groups in total. The van der Waals surface area contributed by atoms with E-state index in [4.69, 9.17) is 5.11 Å². The Morgan fingerprint density at radius 3 is 2.63 bits per heavy atom. The van der Waals surface area contributed by atoms with Gasteiger partial charge in [0.2, 0.25) is 0 Å². The summed E-state index contributed by atoms with van der Waals surface area (Å²) >= 11 is 0. The van der Waals surface area contributed by atoms with Gasteiger partial charge in [-0.2, -0.15) is 0 Å². The standard InChI is InChI=1S/C16H21NO2/c1-3-4-6-13(2)17-16(19)15-10-8-14(9-11-15)7-5-12-18/h8-11,13,18H,3-4,6,12H2,1-2H3,(H,17,19). The Bertz CT molecular complexity index is 454. The molecule has 0 radical (unpaired) electrons. The number of aliphatic hydroxyl groups is 1. The van der Waals surface area contributed by atoms with Crippen molar-refractivity contribution in [3.05, 3.63) is 35.4 Å². The third-order valence-electron chi connectivity index (χ3n) is 2.83. The predicted molar refractivity (Wildman–Crippen MR) is 76.9 cm³/mol. The number of carbonyl (C=O) groups excluding carboxylic acids is 1. The van der Waals surface area contributed by atoms with E-state index in [0.717, 1.165) is 24.8 Å². The molecular weight excluding hydrogens is 238 g/mol. The van der Waals surface area contributed by atoms with Gasteiger partial charge in [0, 0.05) is 17.2 Å². The molecule has 1 unspecified atom stereocenters. The summed E-state index contributed by atoms with van der Waals surface area (Å²) in [6, 6.07) is 7.27. The van der Waals surface area contributed by atoms with Crippen LogP contribution in [0.3, 0.4) is 0 Å². The summed E-state index contributed by atoms with van der Waals surface area (Å²) in [7, 11) is 0. The summed E-state index contributed by atoms with van der Waals surface area (Å²) in [5.41, 5.74) is 1.43. The molecule has 0 aromatic heterocycles. The van der Waals surface area contributed by atoms with Crippen LogP contribution in [0.4, 0.5) is 0 Å². The number of hydrogen-bond acceptors (Lipinski definition) is 2. The van der Waals surface area contributed by atoms with Gasteiger partial charge in [0.05, 0.1) is 0 Å². The van der Waals surface area contributed by atoms with E-state index in [1.54, 1.807) is 24.3 Å². The molecule has 3 heteroatoms. The number of amides is 1. The van der Waals surface area contributed by atoms with Gasteiger partial charge < -0.3 is 10.4 Å². The van der Waals surface area contributed by atoms with Gasteiger partial charge in [-0.3, -0.25) is 4.79 Å². The van der Waals surface area contributed by atoms with Gasteiger partial charge in [0.25, 0.3) is 5.91 Å². The molecule has 0 aliphatic heterocycles. The van der Waals surface area contributed by atoms with Crippen LogP contribution in [0.1, 0.15) is 49.0 Å². The van der Waals surface area contributed by atoms with Crippen LogP contribution in [0.15, 0.2) is 24.3 Å². The van der Waals surface area contributed by atoms with E-state index in [2.05, 4.69) is 24.1 Å². The number of unbranched alkanes of at least 4 members (excludes halogenated alkanes) is 1. The summed E-state index contributed by atoms with van der Waals surface area (Å²) in [6.07, 6.45) is 3.26. The summed E-state index contributed by atoms with van der Waals surface area (Å²) in [5, 5.41) is 11.6. The lowest BCUT2D eigenvalue weighted by Crippen LogP contribution is -2.32. The molecule has 1 rings (SSSR count). The topological polar surface area (TPSA) is 49.3 Å². The monoisotopic (exact) mass is 259 g/mol. The van der Waals surface area contributed by atoms with Gasteiger partial charge in [0.1, 0.15) is 6.61 Å². The third-order valence-corrected chi connectivity index (χ3v) is 2.83. The normalized spacial score (nSPS) is 11.3. The lowest BCUT2D eigenvalue weighted by Gasteiger charge is -2.13. The van der Waals surface area contributed by atoms with Crippen LogP contribution in [-0.4, -0.2) is 23.7 Å². The molecule has 1 aromatic rings. The van der Waals surface area contributed by atoms with Crippen molar-refractivity contribution in [2.45, 2.75) is 39.2 Å². The second-order valence-corrected chi connectivity index (χ2v) is 4.55. The van der Waals surface area contributed by atoms with Crippen molar-refractivity contribution in [2.75, 3.05) is 6.61 Å². The van der Waals surface area contributed by atoms with Gasteiger partial charge in [-0.05, 0) is 37.6 Å². The molecule has 1 aromatic carbocycles. The number of benzene rings is 1. The predicted octanol–water partition coefficient (Wildman–Crippen LogP) is 2.34. The number of rotatable bonds is 5. The molecule has 0 saturated heterocycles. The molecule has 102 valence electrons. The van der Waals surface area contributed by atoms with E-state index >= 15 is 0 Å². The first-order chi connectivity index (χ1) is 9.17. The number of nitrogens with one attached hydrogen (secondary N) is 1. The lowest BCUT2D eigenvalue weighted by molar-refractivity contribution is 0.0938. The van der Waals surface area contributed by atoms with Crippen molar-refractivity contribution in [1.82, 2.24) is 5.32 Å². The molecule has 0 heterocycles. The highest BCUT2D eigenvalue weighted by Gasteiger charge is 2.08. The van der Waals surface area contributed by atoms with Crippen molar-refractivity contribution >= 4 is 5.91 Å². The molecule has 0 bridgehead atoms. The van der Waals surface area contributed by atoms with Crippen molar-refractivity contribution in [3.8, 4) is 11.8 Å². The fraction of sp³-hybridized carbons (Fsp3) is 0.438. The second-order valence-electron chi connectivity index (χ2n) is 4.55. The van der Waals surface area contributed by atoms with E-state index in [1.165, 1.54) is 0 Å². The molecule has 0 spiro atoms. The maximum atomic E-state index is 12.0. The zero-order valence-corrected chi connectivity index (χ0v) is 11.6. The molecule has 19 heavy (non-hydrogen) atoms. The van der Waals surface area contributed by atoms with Gasteiger partial charge in [-0.15, -0.1) is 0 Å². The Labute approximate surface area is 115 Å². The van der Waals surface area contributed by atoms with Crippen LogP contribution in [0, 0.1) is 11.8 Å². The largest absolute Gasteiger partial charge is 0.384 e. The SMILES string of the molecule is CCCCC(C)NC(=O)c1ccc(C#CCO)cc1. The van der Waals surface area contributed by atoms with Crippen molar-refractivity contribution in [1.29, 1.82) is 0 Å². The Morgan fingerprint density at radius 1 is 1.37 bits per heavy atom. The maximum Gasteiger partial charge on any atom is 0.251 e. The quantitative estimate of drug-likeness (QED) is 0.797. The molecular formula is C16H21NO2. The maximum absolute atomic E-state index is 12.0. The van der Waals surface area contributed by atoms with Crippen LogP contribution < -0.4 is 5.32 Å². The first-order valence-corrected chi connectivity index (χ1v) is 6.68. The first kappa shape index (κ1) is 15.3. The Hall–Kier alpha value is -1.79. The van der Waals surface area contributed by atoms with Crippen molar-refractivity contribution < 1.29 is 9.90 Å². The average Bonchev–Trinajstić information content (AvgIpc) is 2.43. The fourth-order valence-corrected chi connectivity index (χ4v) is 1.74. The summed E-state index contributed by atoms with van der Waals surface area (Å²) < 4.78 is 0. The van der Waals surface area contributed by atoms with Crippen LogP contribution in [0.5, 0.6) is 0 Å². The molecule has 0 fully saturated rings. The molecule has 0 saturated carbocycles. The minimum Gasteiger partial charge on any atom is -0.384 e. The van der Waals surface area contributed by atoms with Crippen LogP contribution >= 0.6 is 0 Å². The van der Waals surface area contributed by atoms with E-state index in [1.807, 2.05) is 6.92 Å². The molecule has 1 atom stereocenters. The minimum atomic E-state index is -0.156. The third kappa shape index (κ3) is 5.58. The van der Waals surface area contributed by atoms with E-state index in [0.29, 0.717) is 5.56 Å². The van der Waals surface area contributed by atoms with Crippen LogP contribution in [-0.2, 0) is 0 Å². The number of carbonyl (C=O) groups is 1. The first-order valence-electron chi connectivity index (χ1n) is 6.68. The van der Waals surface area contributed by atoms with Gasteiger partial charge in [-0.25, -0.2) is 0 Å².